The third kappa shape index (κ3) is 4.65. The van der Waals surface area contributed by atoms with Gasteiger partial charge < -0.3 is 14.5 Å². The number of amides is 1. The van der Waals surface area contributed by atoms with Crippen molar-refractivity contribution in [2.45, 2.75) is 39.2 Å². The molecule has 6 nitrogen and oxygen atoms in total. The van der Waals surface area contributed by atoms with Crippen molar-refractivity contribution in [3.8, 4) is 0 Å². The van der Waals surface area contributed by atoms with Crippen LogP contribution < -0.4 is 0 Å². The summed E-state index contributed by atoms with van der Waals surface area (Å²) in [6.45, 7) is 5.75. The number of benzene rings is 2. The summed E-state index contributed by atoms with van der Waals surface area (Å²) in [6.07, 6.45) is 2.39. The highest BCUT2D eigenvalue weighted by atomic mass is 32.2. The molecule has 1 fully saturated rings. The van der Waals surface area contributed by atoms with Crippen molar-refractivity contribution in [1.82, 2.24) is 9.80 Å². The third-order valence-electron chi connectivity index (χ3n) is 6.54. The molecule has 5 rings (SSSR count). The van der Waals surface area contributed by atoms with Gasteiger partial charge in [0.2, 0.25) is 5.91 Å². The standard InChI is InChI=1S/C28H29N3O3S/c1-3-34-27(33)24-25(20-9-5-4-6-10-20)29-28-31(26(24)21-13-11-19(2)12-14-21)22(18-35-28)17-23(32)30-15-7-8-16-30/h4-6,9-14,18,26H,3,7-8,15-17H2,1-2H3/t26-/m0/s1. The van der Waals surface area contributed by atoms with Gasteiger partial charge in [-0.2, -0.15) is 0 Å². The van der Waals surface area contributed by atoms with Gasteiger partial charge in [0.25, 0.3) is 0 Å². The maximum absolute atomic E-state index is 13.5. The fourth-order valence-corrected chi connectivity index (χ4v) is 5.70. The van der Waals surface area contributed by atoms with Crippen molar-refractivity contribution in [3.05, 3.63) is 88.0 Å². The summed E-state index contributed by atoms with van der Waals surface area (Å²) in [7, 11) is 0. The highest BCUT2D eigenvalue weighted by Crippen LogP contribution is 2.47. The first kappa shape index (κ1) is 23.4. The van der Waals surface area contributed by atoms with Crippen LogP contribution in [0.3, 0.4) is 0 Å². The van der Waals surface area contributed by atoms with Gasteiger partial charge in [0.1, 0.15) is 0 Å². The number of nitrogens with zero attached hydrogens (tertiary/aromatic N) is 3. The van der Waals surface area contributed by atoms with Gasteiger partial charge in [-0.25, -0.2) is 9.79 Å². The average molecular weight is 488 g/mol. The Hall–Kier alpha value is -3.32. The van der Waals surface area contributed by atoms with E-state index in [-0.39, 0.29) is 24.9 Å². The Labute approximate surface area is 210 Å². The summed E-state index contributed by atoms with van der Waals surface area (Å²) in [4.78, 5) is 35.5. The Bertz CT molecular complexity index is 1210. The molecule has 1 amide bonds. The highest BCUT2D eigenvalue weighted by molar-refractivity contribution is 8.16. The van der Waals surface area contributed by atoms with E-state index in [1.54, 1.807) is 0 Å². The molecule has 0 bridgehead atoms. The second-order valence-corrected chi connectivity index (χ2v) is 9.75. The number of hydrogen-bond acceptors (Lipinski definition) is 6. The molecular formula is C28H29N3O3S. The lowest BCUT2D eigenvalue weighted by Crippen LogP contribution is -2.38. The number of fused-ring (bicyclic) bond motifs is 1. The molecule has 0 unspecified atom stereocenters. The molecular weight excluding hydrogens is 458 g/mol. The van der Waals surface area contributed by atoms with Crippen LogP contribution in [0.4, 0.5) is 0 Å². The number of rotatable bonds is 6. The van der Waals surface area contributed by atoms with Gasteiger partial charge in [-0.1, -0.05) is 71.9 Å². The van der Waals surface area contributed by atoms with Crippen molar-refractivity contribution in [1.29, 1.82) is 0 Å². The van der Waals surface area contributed by atoms with E-state index >= 15 is 0 Å². The minimum absolute atomic E-state index is 0.119. The van der Waals surface area contributed by atoms with Crippen LogP contribution in [0.5, 0.6) is 0 Å². The van der Waals surface area contributed by atoms with Crippen LogP contribution in [0.1, 0.15) is 48.9 Å². The quantitative estimate of drug-likeness (QED) is 0.519. The predicted molar refractivity (Wildman–Crippen MR) is 139 cm³/mol. The zero-order chi connectivity index (χ0) is 24.4. The fourth-order valence-electron chi connectivity index (χ4n) is 4.79. The fraction of sp³-hybridized carbons (Fsp3) is 0.321. The van der Waals surface area contributed by atoms with Crippen molar-refractivity contribution in [3.63, 3.8) is 0 Å². The molecule has 0 saturated carbocycles. The molecule has 0 spiro atoms. The van der Waals surface area contributed by atoms with E-state index in [1.165, 1.54) is 11.8 Å². The van der Waals surface area contributed by atoms with Gasteiger partial charge in [0.15, 0.2) is 5.17 Å². The number of carbonyl (C=O) groups excluding carboxylic acids is 2. The van der Waals surface area contributed by atoms with Gasteiger partial charge in [-0.15, -0.1) is 0 Å². The van der Waals surface area contributed by atoms with Gasteiger partial charge in [0, 0.05) is 24.4 Å². The summed E-state index contributed by atoms with van der Waals surface area (Å²) >= 11 is 1.50. The summed E-state index contributed by atoms with van der Waals surface area (Å²) < 4.78 is 5.56. The van der Waals surface area contributed by atoms with E-state index in [2.05, 4.69) is 4.90 Å². The van der Waals surface area contributed by atoms with Crippen LogP contribution in [-0.4, -0.2) is 46.5 Å². The van der Waals surface area contributed by atoms with Gasteiger partial charge in [-0.05, 0) is 37.7 Å². The molecule has 0 aliphatic carbocycles. The first-order valence-electron chi connectivity index (χ1n) is 12.1. The van der Waals surface area contributed by atoms with Gasteiger partial charge in [0.05, 0.1) is 30.3 Å². The SMILES string of the molecule is CCOC(=O)C1=C(c2ccccc2)N=C2SC=C(CC(=O)N3CCCC3)N2[C@H]1c1ccc(C)cc1. The van der Waals surface area contributed by atoms with Crippen LogP contribution in [0.2, 0.25) is 0 Å². The zero-order valence-electron chi connectivity index (χ0n) is 20.1. The molecule has 2 aromatic rings. The highest BCUT2D eigenvalue weighted by Gasteiger charge is 2.42. The normalized spacial score (nSPS) is 19.4. The minimum Gasteiger partial charge on any atom is -0.463 e. The van der Waals surface area contributed by atoms with Crippen molar-refractivity contribution >= 4 is 34.5 Å². The molecule has 7 heteroatoms. The first-order valence-corrected chi connectivity index (χ1v) is 13.0. The summed E-state index contributed by atoms with van der Waals surface area (Å²) in [5.41, 5.74) is 4.94. The number of ether oxygens (including phenoxy) is 1. The Morgan fingerprint density at radius 1 is 1.06 bits per heavy atom. The summed E-state index contributed by atoms with van der Waals surface area (Å²) in [6, 6.07) is 17.5. The molecule has 0 radical (unpaired) electrons. The van der Waals surface area contributed by atoms with Gasteiger partial charge >= 0.3 is 5.97 Å². The third-order valence-corrected chi connectivity index (χ3v) is 7.43. The molecule has 0 N–H and O–H groups in total. The molecule has 1 atom stereocenters. The number of hydrogen-bond donors (Lipinski definition) is 0. The minimum atomic E-state index is -0.440. The number of carbonyl (C=O) groups is 2. The van der Waals surface area contributed by atoms with Crippen LogP contribution in [0, 0.1) is 6.92 Å². The van der Waals surface area contributed by atoms with E-state index in [1.807, 2.05) is 78.8 Å². The number of esters is 1. The average Bonchev–Trinajstić information content (AvgIpc) is 3.55. The molecule has 2 aromatic carbocycles. The lowest BCUT2D eigenvalue weighted by molar-refractivity contribution is -0.139. The van der Waals surface area contributed by atoms with Crippen molar-refractivity contribution in [2.24, 2.45) is 4.99 Å². The molecule has 1 saturated heterocycles. The topological polar surface area (TPSA) is 62.2 Å². The monoisotopic (exact) mass is 487 g/mol. The maximum atomic E-state index is 13.5. The molecule has 3 aliphatic rings. The molecule has 35 heavy (non-hydrogen) atoms. The maximum Gasteiger partial charge on any atom is 0.338 e. The molecule has 180 valence electrons. The largest absolute Gasteiger partial charge is 0.463 e. The number of aliphatic imine (C=N–C) groups is 1. The lowest BCUT2D eigenvalue weighted by atomic mass is 9.91. The van der Waals surface area contributed by atoms with Gasteiger partial charge in [-0.3, -0.25) is 4.79 Å². The zero-order valence-corrected chi connectivity index (χ0v) is 20.9. The van der Waals surface area contributed by atoms with Crippen molar-refractivity contribution in [2.75, 3.05) is 19.7 Å². The number of thioether (sulfide) groups is 1. The van der Waals surface area contributed by atoms with E-state index in [4.69, 9.17) is 9.73 Å². The summed E-state index contributed by atoms with van der Waals surface area (Å²) in [5.74, 6) is -0.268. The second-order valence-electron chi connectivity index (χ2n) is 8.92. The number of amidine groups is 1. The van der Waals surface area contributed by atoms with Crippen LogP contribution >= 0.6 is 11.8 Å². The van der Waals surface area contributed by atoms with E-state index in [0.29, 0.717) is 11.3 Å². The Morgan fingerprint density at radius 2 is 1.77 bits per heavy atom. The second kappa shape index (κ2) is 10.1. The lowest BCUT2D eigenvalue weighted by Gasteiger charge is -2.37. The van der Waals surface area contributed by atoms with Crippen LogP contribution in [0.15, 0.2) is 76.3 Å². The number of aryl methyl sites for hydroxylation is 1. The smallest absolute Gasteiger partial charge is 0.338 e. The molecule has 3 heterocycles. The van der Waals surface area contributed by atoms with Crippen LogP contribution in [-0.2, 0) is 14.3 Å². The molecule has 3 aliphatic heterocycles. The van der Waals surface area contributed by atoms with Crippen LogP contribution in [0.25, 0.3) is 5.70 Å². The Balaban J connectivity index is 1.62. The Kier molecular flexibility index (Phi) is 6.77. The Morgan fingerprint density at radius 3 is 2.46 bits per heavy atom. The summed E-state index contributed by atoms with van der Waals surface area (Å²) in [5, 5.41) is 2.77. The first-order chi connectivity index (χ1) is 17.1. The van der Waals surface area contributed by atoms with E-state index in [9.17, 15) is 9.59 Å². The molecule has 0 aromatic heterocycles. The van der Waals surface area contributed by atoms with E-state index in [0.717, 1.165) is 53.5 Å². The predicted octanol–water partition coefficient (Wildman–Crippen LogP) is 5.28. The van der Waals surface area contributed by atoms with Crippen molar-refractivity contribution < 1.29 is 14.3 Å². The van der Waals surface area contributed by atoms with E-state index < -0.39 is 6.04 Å². The number of likely N-dealkylation sites (tertiary alicyclic amines) is 1.